The maximum atomic E-state index is 10.5. The van der Waals surface area contributed by atoms with Crippen LogP contribution >= 0.6 is 0 Å². The molecular weight excluding hydrogens is 302 g/mol. The Morgan fingerprint density at radius 3 is 1.32 bits per heavy atom. The van der Waals surface area contributed by atoms with Gasteiger partial charge in [0.25, 0.3) is 10.1 Å². The van der Waals surface area contributed by atoms with E-state index < -0.39 is 16.3 Å². The highest BCUT2D eigenvalue weighted by molar-refractivity contribution is 7.85. The van der Waals surface area contributed by atoms with E-state index in [-0.39, 0.29) is 5.75 Å². The highest BCUT2D eigenvalue weighted by Crippen LogP contribution is 2.13. The lowest BCUT2D eigenvalue weighted by Gasteiger charge is -2.04. The lowest BCUT2D eigenvalue weighted by molar-refractivity contribution is 0.168. The van der Waals surface area contributed by atoms with Crippen LogP contribution in [0.3, 0.4) is 0 Å². The molecule has 5 nitrogen and oxygen atoms in total. The number of aliphatic hydroxyl groups is 1. The summed E-state index contributed by atoms with van der Waals surface area (Å²) in [7, 11) is -3.76. The Bertz CT molecular complexity index is 331. The number of aliphatic hydroxyl groups excluding tert-OH is 1. The minimum atomic E-state index is -3.76. The third kappa shape index (κ3) is 19.8. The zero-order valence-electron chi connectivity index (χ0n) is 13.9. The normalized spacial score (nSPS) is 13.4. The van der Waals surface area contributed by atoms with Crippen LogP contribution in [0.5, 0.6) is 0 Å². The fraction of sp³-hybridized carbons (Fsp3) is 1.00. The van der Waals surface area contributed by atoms with Crippen LogP contribution in [0.2, 0.25) is 0 Å². The summed E-state index contributed by atoms with van der Waals surface area (Å²) in [6.45, 7) is 0. The SMILES string of the molecule is NC(O)CCCCCCCCCCCCCCCS(=O)(=O)O. The molecule has 0 aliphatic carbocycles. The van der Waals surface area contributed by atoms with Crippen molar-refractivity contribution >= 4 is 10.1 Å². The molecule has 134 valence electrons. The first kappa shape index (κ1) is 21.8. The number of unbranched alkanes of at least 4 members (excludes halogenated alkanes) is 12. The molecule has 0 radical (unpaired) electrons. The van der Waals surface area contributed by atoms with Crippen molar-refractivity contribution < 1.29 is 18.1 Å². The monoisotopic (exact) mass is 337 g/mol. The van der Waals surface area contributed by atoms with Crippen LogP contribution in [0.1, 0.15) is 89.9 Å². The first-order chi connectivity index (χ1) is 10.4. The van der Waals surface area contributed by atoms with E-state index in [4.69, 9.17) is 15.4 Å². The van der Waals surface area contributed by atoms with Gasteiger partial charge in [0.05, 0.1) is 5.75 Å². The minimum Gasteiger partial charge on any atom is -0.379 e. The molecule has 0 bridgehead atoms. The summed E-state index contributed by atoms with van der Waals surface area (Å²) in [5, 5.41) is 8.92. The van der Waals surface area contributed by atoms with Crippen LogP contribution in [0.4, 0.5) is 0 Å². The molecule has 0 rings (SSSR count). The molecule has 0 aromatic heterocycles. The maximum Gasteiger partial charge on any atom is 0.264 e. The topological polar surface area (TPSA) is 101 Å². The first-order valence-electron chi connectivity index (χ1n) is 8.80. The van der Waals surface area contributed by atoms with Gasteiger partial charge in [0.15, 0.2) is 0 Å². The van der Waals surface area contributed by atoms with Crippen molar-refractivity contribution in [3.63, 3.8) is 0 Å². The quantitative estimate of drug-likeness (QED) is 0.227. The van der Waals surface area contributed by atoms with Crippen molar-refractivity contribution in [3.8, 4) is 0 Å². The van der Waals surface area contributed by atoms with Crippen molar-refractivity contribution in [1.29, 1.82) is 0 Å². The van der Waals surface area contributed by atoms with Crippen molar-refractivity contribution in [2.45, 2.75) is 96.1 Å². The standard InChI is InChI=1S/C16H35NO4S/c17-16(18)14-12-10-8-6-4-2-1-3-5-7-9-11-13-15-22(19,20)21/h16,18H,1-15,17H2,(H,19,20,21). The van der Waals surface area contributed by atoms with E-state index in [2.05, 4.69) is 0 Å². The molecule has 0 aromatic carbocycles. The molecule has 0 aromatic rings. The van der Waals surface area contributed by atoms with Crippen molar-refractivity contribution in [3.05, 3.63) is 0 Å². The predicted molar refractivity (Wildman–Crippen MR) is 91.2 cm³/mol. The Balaban J connectivity index is 3.06. The van der Waals surface area contributed by atoms with E-state index in [0.717, 1.165) is 32.1 Å². The first-order valence-corrected chi connectivity index (χ1v) is 10.4. The van der Waals surface area contributed by atoms with Gasteiger partial charge in [-0.25, -0.2) is 0 Å². The smallest absolute Gasteiger partial charge is 0.264 e. The van der Waals surface area contributed by atoms with Gasteiger partial charge in [-0.2, -0.15) is 8.42 Å². The van der Waals surface area contributed by atoms with Crippen LogP contribution < -0.4 is 5.73 Å². The lowest BCUT2D eigenvalue weighted by Crippen LogP contribution is -2.17. The van der Waals surface area contributed by atoms with Crippen molar-refractivity contribution in [1.82, 2.24) is 0 Å². The van der Waals surface area contributed by atoms with Crippen LogP contribution in [0.25, 0.3) is 0 Å². The van der Waals surface area contributed by atoms with Gasteiger partial charge >= 0.3 is 0 Å². The van der Waals surface area contributed by atoms with Gasteiger partial charge in [-0.3, -0.25) is 4.55 Å². The van der Waals surface area contributed by atoms with Gasteiger partial charge in [-0.05, 0) is 19.3 Å². The maximum absolute atomic E-state index is 10.5. The fourth-order valence-electron chi connectivity index (χ4n) is 2.58. The molecule has 0 aliphatic heterocycles. The summed E-state index contributed by atoms with van der Waals surface area (Å²) < 4.78 is 29.6. The van der Waals surface area contributed by atoms with E-state index in [9.17, 15) is 8.42 Å². The summed E-state index contributed by atoms with van der Waals surface area (Å²) >= 11 is 0. The Kier molecular flexibility index (Phi) is 14.3. The van der Waals surface area contributed by atoms with E-state index in [1.165, 1.54) is 44.9 Å². The van der Waals surface area contributed by atoms with Crippen LogP contribution in [-0.2, 0) is 10.1 Å². The second kappa shape index (κ2) is 14.4. The van der Waals surface area contributed by atoms with Gasteiger partial charge in [0.2, 0.25) is 0 Å². The zero-order valence-corrected chi connectivity index (χ0v) is 14.7. The Labute approximate surface area is 136 Å². The molecule has 0 saturated heterocycles. The Hall–Kier alpha value is -0.170. The Morgan fingerprint density at radius 1 is 0.682 bits per heavy atom. The zero-order chi connectivity index (χ0) is 16.7. The second-order valence-electron chi connectivity index (χ2n) is 6.24. The summed E-state index contributed by atoms with van der Waals surface area (Å²) in [6.07, 6.45) is 14.8. The van der Waals surface area contributed by atoms with Crippen LogP contribution in [0.15, 0.2) is 0 Å². The van der Waals surface area contributed by atoms with Gasteiger partial charge in [-0.15, -0.1) is 0 Å². The molecule has 4 N–H and O–H groups in total. The van der Waals surface area contributed by atoms with E-state index in [0.29, 0.717) is 12.8 Å². The summed E-state index contributed by atoms with van der Waals surface area (Å²) in [6, 6.07) is 0. The number of rotatable bonds is 16. The number of hydrogen-bond acceptors (Lipinski definition) is 4. The molecule has 0 amide bonds. The largest absolute Gasteiger partial charge is 0.379 e. The molecule has 22 heavy (non-hydrogen) atoms. The van der Waals surface area contributed by atoms with Gasteiger partial charge in [-0.1, -0.05) is 70.6 Å². The molecule has 0 fully saturated rings. The van der Waals surface area contributed by atoms with E-state index in [1.54, 1.807) is 0 Å². The molecule has 1 atom stereocenters. The molecule has 0 heterocycles. The summed E-state index contributed by atoms with van der Waals surface area (Å²) in [5.41, 5.74) is 5.28. The minimum absolute atomic E-state index is 0.1000. The lowest BCUT2D eigenvalue weighted by atomic mass is 10.0. The highest BCUT2D eigenvalue weighted by atomic mass is 32.2. The summed E-state index contributed by atoms with van der Waals surface area (Å²) in [5.74, 6) is -0.1000. The third-order valence-electron chi connectivity index (χ3n) is 3.90. The molecule has 0 aliphatic rings. The molecular formula is C16H35NO4S. The van der Waals surface area contributed by atoms with E-state index >= 15 is 0 Å². The highest BCUT2D eigenvalue weighted by Gasteiger charge is 2.02. The van der Waals surface area contributed by atoms with Crippen molar-refractivity contribution in [2.75, 3.05) is 5.75 Å². The Morgan fingerprint density at radius 2 is 1.00 bits per heavy atom. The predicted octanol–water partition coefficient (Wildman–Crippen LogP) is 3.61. The van der Waals surface area contributed by atoms with E-state index in [1.807, 2.05) is 0 Å². The molecule has 1 unspecified atom stereocenters. The summed E-state index contributed by atoms with van der Waals surface area (Å²) in [4.78, 5) is 0. The van der Waals surface area contributed by atoms with Gasteiger partial charge < -0.3 is 10.8 Å². The third-order valence-corrected chi connectivity index (χ3v) is 4.71. The van der Waals surface area contributed by atoms with Gasteiger partial charge in [0, 0.05) is 0 Å². The number of nitrogens with two attached hydrogens (primary N) is 1. The molecule has 6 heteroatoms. The van der Waals surface area contributed by atoms with Crippen LogP contribution in [0, 0.1) is 0 Å². The number of hydrogen-bond donors (Lipinski definition) is 3. The molecule has 0 saturated carbocycles. The van der Waals surface area contributed by atoms with Gasteiger partial charge in [0.1, 0.15) is 6.23 Å². The average Bonchev–Trinajstić information content (AvgIpc) is 2.41. The van der Waals surface area contributed by atoms with Crippen molar-refractivity contribution in [2.24, 2.45) is 5.73 Å². The fourth-order valence-corrected chi connectivity index (χ4v) is 3.15. The second-order valence-corrected chi connectivity index (χ2v) is 7.81. The molecule has 0 spiro atoms. The average molecular weight is 338 g/mol. The van der Waals surface area contributed by atoms with Crippen LogP contribution in [-0.4, -0.2) is 30.1 Å².